The van der Waals surface area contributed by atoms with E-state index in [1.54, 1.807) is 7.11 Å². The maximum atomic E-state index is 12.6. The van der Waals surface area contributed by atoms with Gasteiger partial charge in [0.1, 0.15) is 11.5 Å². The van der Waals surface area contributed by atoms with Crippen molar-refractivity contribution in [3.63, 3.8) is 0 Å². The van der Waals surface area contributed by atoms with Gasteiger partial charge < -0.3 is 9.94 Å². The summed E-state index contributed by atoms with van der Waals surface area (Å²) in [6.45, 7) is 2.04. The molecular formula is C19H21NO3. The van der Waals surface area contributed by atoms with E-state index in [4.69, 9.17) is 9.94 Å². The number of oxime groups is 1. The van der Waals surface area contributed by atoms with Crippen LogP contribution in [0.15, 0.2) is 35.0 Å². The lowest BCUT2D eigenvalue weighted by molar-refractivity contribution is -0.122. The molecule has 120 valence electrons. The minimum atomic E-state index is -0.395. The summed E-state index contributed by atoms with van der Waals surface area (Å²) in [6, 6.07) is 6.32. The number of ether oxygens (including phenoxy) is 1. The molecule has 23 heavy (non-hydrogen) atoms. The molecule has 3 atom stereocenters. The molecule has 4 heteroatoms. The van der Waals surface area contributed by atoms with Crippen molar-refractivity contribution in [2.75, 3.05) is 7.11 Å². The van der Waals surface area contributed by atoms with Crippen LogP contribution in [-0.4, -0.2) is 23.8 Å². The van der Waals surface area contributed by atoms with Crippen LogP contribution in [0.5, 0.6) is 5.75 Å². The minimum absolute atomic E-state index is 0.0323. The van der Waals surface area contributed by atoms with E-state index in [-0.39, 0.29) is 11.7 Å². The Morgan fingerprint density at radius 2 is 2.22 bits per heavy atom. The second-order valence-electron chi connectivity index (χ2n) is 7.11. The van der Waals surface area contributed by atoms with E-state index in [2.05, 4.69) is 23.4 Å². The highest BCUT2D eigenvalue weighted by Crippen LogP contribution is 2.57. The molecule has 0 saturated heterocycles. The van der Waals surface area contributed by atoms with Gasteiger partial charge in [0.15, 0.2) is 5.78 Å². The van der Waals surface area contributed by atoms with E-state index in [1.807, 2.05) is 13.0 Å². The van der Waals surface area contributed by atoms with Gasteiger partial charge in [-0.3, -0.25) is 4.79 Å². The van der Waals surface area contributed by atoms with Gasteiger partial charge in [-0.1, -0.05) is 29.8 Å². The normalized spacial score (nSPS) is 33.7. The molecule has 3 aliphatic rings. The van der Waals surface area contributed by atoms with Crippen LogP contribution in [0.1, 0.15) is 43.2 Å². The predicted molar refractivity (Wildman–Crippen MR) is 87.2 cm³/mol. The van der Waals surface area contributed by atoms with E-state index in [9.17, 15) is 4.79 Å². The number of fused-ring (bicyclic) bond motifs is 5. The molecule has 0 amide bonds. The zero-order valence-corrected chi connectivity index (χ0v) is 13.5. The van der Waals surface area contributed by atoms with Gasteiger partial charge in [0.25, 0.3) is 0 Å². The monoisotopic (exact) mass is 311 g/mol. The summed E-state index contributed by atoms with van der Waals surface area (Å²) < 4.78 is 5.34. The molecule has 1 aromatic carbocycles. The topological polar surface area (TPSA) is 58.9 Å². The lowest BCUT2D eigenvalue weighted by atomic mass is 9.60. The number of hydrogen-bond acceptors (Lipinski definition) is 4. The molecule has 0 aliphatic heterocycles. The lowest BCUT2D eigenvalue weighted by Gasteiger charge is -2.43. The molecule has 0 radical (unpaired) electrons. The Bertz CT molecular complexity index is 749. The Kier molecular flexibility index (Phi) is 3.12. The molecule has 4 nitrogen and oxygen atoms in total. The Morgan fingerprint density at radius 1 is 1.39 bits per heavy atom. The Morgan fingerprint density at radius 3 is 2.96 bits per heavy atom. The zero-order valence-electron chi connectivity index (χ0n) is 13.5. The third-order valence-electron chi connectivity index (χ3n) is 6.11. The molecule has 1 aromatic rings. The van der Waals surface area contributed by atoms with E-state index in [1.165, 1.54) is 16.7 Å². The Balaban J connectivity index is 1.75. The molecule has 1 N–H and O–H groups in total. The smallest absolute Gasteiger partial charge is 0.186 e. The van der Waals surface area contributed by atoms with Crippen LogP contribution in [0.25, 0.3) is 0 Å². The summed E-state index contributed by atoms with van der Waals surface area (Å²) in [7, 11) is 1.69. The average molecular weight is 311 g/mol. The average Bonchev–Trinajstić information content (AvgIpc) is 2.85. The number of ketones is 1. The van der Waals surface area contributed by atoms with Gasteiger partial charge in [0, 0.05) is 17.8 Å². The third kappa shape index (κ3) is 1.90. The van der Waals surface area contributed by atoms with Crippen molar-refractivity contribution in [3.05, 3.63) is 41.0 Å². The summed E-state index contributed by atoms with van der Waals surface area (Å²) in [4.78, 5) is 12.6. The van der Waals surface area contributed by atoms with Gasteiger partial charge in [0.2, 0.25) is 0 Å². The second kappa shape index (κ2) is 4.95. The molecule has 2 saturated carbocycles. The number of Topliss-reactive ketones (excluding diaryl/α,β-unsaturated/α-hetero) is 1. The van der Waals surface area contributed by atoms with E-state index >= 15 is 0 Å². The standard InChI is InChI=1S/C19H21NO3/c1-19-8-7-14-13-6-4-12(23-2)9-11(13)3-5-15(14)16(19)10-17(20-22)18(19)21/h4-6,9,14,16,22H,3,7-8,10H2,1-2H3/b20-17+/t14-,16+,19-/m1/s1. The molecule has 2 fully saturated rings. The van der Waals surface area contributed by atoms with Gasteiger partial charge in [-0.05, 0) is 48.4 Å². The quantitative estimate of drug-likeness (QED) is 0.491. The van der Waals surface area contributed by atoms with Crippen LogP contribution in [0.3, 0.4) is 0 Å². The van der Waals surface area contributed by atoms with Gasteiger partial charge >= 0.3 is 0 Å². The summed E-state index contributed by atoms with van der Waals surface area (Å²) in [5.74, 6) is 1.49. The first-order valence-corrected chi connectivity index (χ1v) is 8.21. The molecule has 3 aliphatic carbocycles. The molecular weight excluding hydrogens is 290 g/mol. The fourth-order valence-corrected chi connectivity index (χ4v) is 4.79. The Labute approximate surface area is 135 Å². The van der Waals surface area contributed by atoms with E-state index in [0.717, 1.165) is 25.0 Å². The number of carbonyl (C=O) groups is 1. The van der Waals surface area contributed by atoms with Gasteiger partial charge in [-0.15, -0.1) is 0 Å². The van der Waals surface area contributed by atoms with Crippen LogP contribution in [-0.2, 0) is 11.2 Å². The first-order valence-electron chi connectivity index (χ1n) is 8.21. The first-order chi connectivity index (χ1) is 11.1. The first kappa shape index (κ1) is 14.5. The third-order valence-corrected chi connectivity index (χ3v) is 6.11. The number of hydrogen-bond donors (Lipinski definition) is 1. The summed E-state index contributed by atoms with van der Waals surface area (Å²) in [5, 5.41) is 12.4. The van der Waals surface area contributed by atoms with E-state index in [0.29, 0.717) is 18.1 Å². The zero-order chi connectivity index (χ0) is 16.2. The predicted octanol–water partition coefficient (Wildman–Crippen LogP) is 3.48. The number of carbonyl (C=O) groups excluding carboxylic acids is 1. The number of allylic oxidation sites excluding steroid dienone is 2. The number of rotatable bonds is 1. The lowest BCUT2D eigenvalue weighted by Crippen LogP contribution is -2.37. The summed E-state index contributed by atoms with van der Waals surface area (Å²) in [5.41, 5.74) is 4.01. The SMILES string of the molecule is COc1ccc2c(c1)CC=C1[C@@H]2CC[C@@]2(C)C(=O)/C(=N/O)C[C@@H]12. The Hall–Kier alpha value is -2.10. The van der Waals surface area contributed by atoms with Gasteiger partial charge in [-0.2, -0.15) is 0 Å². The molecule has 0 unspecified atom stereocenters. The van der Waals surface area contributed by atoms with Crippen LogP contribution in [0.2, 0.25) is 0 Å². The fraction of sp³-hybridized carbons (Fsp3) is 0.474. The molecule has 0 bridgehead atoms. The van der Waals surface area contributed by atoms with Gasteiger partial charge in [-0.25, -0.2) is 0 Å². The highest BCUT2D eigenvalue weighted by atomic mass is 16.5. The largest absolute Gasteiger partial charge is 0.497 e. The molecule has 0 aromatic heterocycles. The van der Waals surface area contributed by atoms with Crippen LogP contribution in [0, 0.1) is 11.3 Å². The van der Waals surface area contributed by atoms with E-state index < -0.39 is 5.41 Å². The number of methoxy groups -OCH3 is 1. The van der Waals surface area contributed by atoms with Crippen LogP contribution in [0.4, 0.5) is 0 Å². The van der Waals surface area contributed by atoms with Crippen molar-refractivity contribution in [1.29, 1.82) is 0 Å². The number of nitrogens with zero attached hydrogens (tertiary/aromatic N) is 1. The maximum Gasteiger partial charge on any atom is 0.186 e. The highest BCUT2D eigenvalue weighted by Gasteiger charge is 2.55. The van der Waals surface area contributed by atoms with Crippen molar-refractivity contribution < 1.29 is 14.7 Å². The van der Waals surface area contributed by atoms with Crippen molar-refractivity contribution in [1.82, 2.24) is 0 Å². The molecule has 0 heterocycles. The highest BCUT2D eigenvalue weighted by molar-refractivity contribution is 6.43. The summed E-state index contributed by atoms with van der Waals surface area (Å²) >= 11 is 0. The number of benzene rings is 1. The van der Waals surface area contributed by atoms with Crippen LogP contribution >= 0.6 is 0 Å². The molecule has 0 spiro atoms. The van der Waals surface area contributed by atoms with Crippen LogP contribution < -0.4 is 4.74 Å². The van der Waals surface area contributed by atoms with Crippen molar-refractivity contribution in [2.45, 2.75) is 38.5 Å². The summed E-state index contributed by atoms with van der Waals surface area (Å²) in [6.07, 6.45) is 5.57. The second-order valence-corrected chi connectivity index (χ2v) is 7.11. The van der Waals surface area contributed by atoms with Crippen molar-refractivity contribution >= 4 is 11.5 Å². The van der Waals surface area contributed by atoms with Crippen molar-refractivity contribution in [3.8, 4) is 5.75 Å². The molecule has 4 rings (SSSR count). The van der Waals surface area contributed by atoms with Crippen molar-refractivity contribution in [2.24, 2.45) is 16.5 Å². The fourth-order valence-electron chi connectivity index (χ4n) is 4.79. The van der Waals surface area contributed by atoms with Gasteiger partial charge in [0.05, 0.1) is 7.11 Å². The maximum absolute atomic E-state index is 12.6. The minimum Gasteiger partial charge on any atom is -0.497 e.